The molecular weight excluding hydrogens is 496 g/mol. The van der Waals surface area contributed by atoms with E-state index in [-0.39, 0.29) is 18.9 Å². The molecule has 3 aromatic rings. The van der Waals surface area contributed by atoms with Crippen molar-refractivity contribution >= 4 is 29.0 Å². The maximum Gasteiger partial charge on any atom is 0.239 e. The lowest BCUT2D eigenvalue weighted by molar-refractivity contribution is -0.123. The predicted molar refractivity (Wildman–Crippen MR) is 153 cm³/mol. The average Bonchev–Trinajstić information content (AvgIpc) is 3.53. The van der Waals surface area contributed by atoms with Gasteiger partial charge in [0.25, 0.3) is 0 Å². The van der Waals surface area contributed by atoms with Crippen LogP contribution in [0, 0.1) is 38.5 Å². The van der Waals surface area contributed by atoms with Crippen LogP contribution < -0.4 is 10.6 Å². The fraction of sp³-hybridized carbons (Fsp3) is 0.290. The van der Waals surface area contributed by atoms with Gasteiger partial charge in [0.05, 0.1) is 13.1 Å². The highest BCUT2D eigenvalue weighted by Gasteiger charge is 2.31. The van der Waals surface area contributed by atoms with Crippen LogP contribution in [0.4, 0.5) is 5.69 Å². The minimum Gasteiger partial charge on any atom is -0.372 e. The number of primary amides is 1. The zero-order chi connectivity index (χ0) is 27.4. The van der Waals surface area contributed by atoms with Crippen LogP contribution in [0.3, 0.4) is 0 Å². The molecule has 1 aliphatic rings. The largest absolute Gasteiger partial charge is 0.372 e. The molecule has 1 aliphatic heterocycles. The Hall–Kier alpha value is -3.97. The van der Waals surface area contributed by atoms with E-state index in [9.17, 15) is 9.59 Å². The van der Waals surface area contributed by atoms with Crippen LogP contribution in [0.25, 0.3) is 5.69 Å². The van der Waals surface area contributed by atoms with E-state index in [1.165, 1.54) is 0 Å². The van der Waals surface area contributed by atoms with Gasteiger partial charge in [0.2, 0.25) is 5.91 Å². The van der Waals surface area contributed by atoms with E-state index in [0.717, 1.165) is 48.7 Å². The number of benzene rings is 2. The quantitative estimate of drug-likeness (QED) is 0.325. The van der Waals surface area contributed by atoms with Gasteiger partial charge >= 0.3 is 0 Å². The van der Waals surface area contributed by atoms with Gasteiger partial charge in [-0.05, 0) is 80.8 Å². The summed E-state index contributed by atoms with van der Waals surface area (Å²) in [5.74, 6) is 4.31. The van der Waals surface area contributed by atoms with Crippen molar-refractivity contribution in [2.24, 2.45) is 5.73 Å². The highest BCUT2D eigenvalue weighted by molar-refractivity contribution is 6.30. The van der Waals surface area contributed by atoms with Crippen molar-refractivity contribution in [3.63, 3.8) is 0 Å². The number of amides is 1. The Morgan fingerprint density at radius 1 is 0.974 bits per heavy atom. The molecule has 0 bridgehead atoms. The van der Waals surface area contributed by atoms with Gasteiger partial charge in [-0.15, -0.1) is 12.8 Å². The fourth-order valence-electron chi connectivity index (χ4n) is 5.28. The number of carbonyl (C=O) groups excluding carboxylic acids is 2. The number of hydrogen-bond acceptors (Lipinski definition) is 4. The lowest BCUT2D eigenvalue weighted by Crippen LogP contribution is -2.39. The normalized spacial score (nSPS) is 13.8. The topological polar surface area (TPSA) is 71.6 Å². The first-order chi connectivity index (χ1) is 18.3. The summed E-state index contributed by atoms with van der Waals surface area (Å²) in [6.45, 7) is 5.91. The molecule has 7 heteroatoms. The molecular formula is C31H31ClN4O2. The number of carbonyl (C=O) groups is 2. The van der Waals surface area contributed by atoms with Crippen LogP contribution in [-0.4, -0.2) is 47.3 Å². The van der Waals surface area contributed by atoms with Crippen LogP contribution >= 0.6 is 11.6 Å². The first-order valence-electron chi connectivity index (χ1n) is 12.6. The molecule has 2 aromatic carbocycles. The van der Waals surface area contributed by atoms with E-state index in [2.05, 4.69) is 16.7 Å². The molecule has 1 fully saturated rings. The number of ketones is 1. The number of aromatic nitrogens is 1. The Bertz CT molecular complexity index is 1420. The van der Waals surface area contributed by atoms with E-state index < -0.39 is 11.9 Å². The molecule has 4 rings (SSSR count). The summed E-state index contributed by atoms with van der Waals surface area (Å²) >= 11 is 6.08. The lowest BCUT2D eigenvalue weighted by atomic mass is 9.92. The molecule has 0 saturated carbocycles. The Kier molecular flexibility index (Phi) is 8.27. The number of aryl methyl sites for hydroxylation is 1. The van der Waals surface area contributed by atoms with E-state index in [1.807, 2.05) is 60.9 Å². The highest BCUT2D eigenvalue weighted by Crippen LogP contribution is 2.33. The third-order valence-electron chi connectivity index (χ3n) is 7.03. The SMILES string of the molecule is C#CCN(CC#C)C(C(N)=O)c1cc(N2CCCC2)ccc1C(=O)c1cc(C)n(-c2ccc(Cl)cc2)c1C. The number of anilines is 1. The predicted octanol–water partition coefficient (Wildman–Crippen LogP) is 4.67. The zero-order valence-electron chi connectivity index (χ0n) is 21.7. The van der Waals surface area contributed by atoms with Gasteiger partial charge in [-0.1, -0.05) is 23.4 Å². The van der Waals surface area contributed by atoms with Crippen molar-refractivity contribution in [2.45, 2.75) is 32.7 Å². The molecule has 194 valence electrons. The third-order valence-corrected chi connectivity index (χ3v) is 7.28. The van der Waals surface area contributed by atoms with Crippen molar-refractivity contribution in [3.8, 4) is 30.4 Å². The highest BCUT2D eigenvalue weighted by atomic mass is 35.5. The smallest absolute Gasteiger partial charge is 0.239 e. The standard InChI is InChI=1S/C31H31ClN4O2/c1-5-15-35(16-6-2)29(31(33)38)28-20-25(34-17-7-8-18-34)13-14-26(28)30(37)27-19-21(3)36(22(27)4)24-11-9-23(32)10-12-24/h1-2,9-14,19-20,29H,7-8,15-18H2,3-4H3,(H2,33,38). The monoisotopic (exact) mass is 526 g/mol. The second kappa shape index (κ2) is 11.6. The summed E-state index contributed by atoms with van der Waals surface area (Å²) in [7, 11) is 0. The zero-order valence-corrected chi connectivity index (χ0v) is 22.5. The van der Waals surface area contributed by atoms with Crippen molar-refractivity contribution in [1.29, 1.82) is 0 Å². The average molecular weight is 527 g/mol. The molecule has 6 nitrogen and oxygen atoms in total. The van der Waals surface area contributed by atoms with Gasteiger partial charge in [0.1, 0.15) is 6.04 Å². The number of nitrogens with two attached hydrogens (primary N) is 1. The van der Waals surface area contributed by atoms with Gasteiger partial charge in [-0.25, -0.2) is 0 Å². The summed E-state index contributed by atoms with van der Waals surface area (Å²) in [5.41, 5.74) is 10.9. The Morgan fingerprint density at radius 3 is 2.16 bits per heavy atom. The maximum atomic E-state index is 14.1. The Balaban J connectivity index is 1.86. The molecule has 0 radical (unpaired) electrons. The summed E-state index contributed by atoms with van der Waals surface area (Å²) < 4.78 is 2.01. The van der Waals surface area contributed by atoms with Gasteiger partial charge < -0.3 is 15.2 Å². The number of halogens is 1. The van der Waals surface area contributed by atoms with Crippen LogP contribution in [0.15, 0.2) is 48.5 Å². The van der Waals surface area contributed by atoms with Gasteiger partial charge in [-0.3, -0.25) is 14.5 Å². The first-order valence-corrected chi connectivity index (χ1v) is 12.9. The minimum absolute atomic E-state index is 0.116. The molecule has 0 spiro atoms. The number of rotatable bonds is 9. The van der Waals surface area contributed by atoms with Crippen LogP contribution in [-0.2, 0) is 4.79 Å². The maximum absolute atomic E-state index is 14.1. The molecule has 1 saturated heterocycles. The lowest BCUT2D eigenvalue weighted by Gasteiger charge is -2.29. The third kappa shape index (κ3) is 5.34. The molecule has 1 unspecified atom stereocenters. The molecule has 0 aliphatic carbocycles. The molecule has 2 heterocycles. The fourth-order valence-corrected chi connectivity index (χ4v) is 5.41. The first kappa shape index (κ1) is 27.1. The summed E-state index contributed by atoms with van der Waals surface area (Å²) in [5, 5.41) is 0.635. The van der Waals surface area contributed by atoms with Gasteiger partial charge in [0, 0.05) is 52.0 Å². The van der Waals surface area contributed by atoms with Crippen LogP contribution in [0.2, 0.25) is 5.02 Å². The number of nitrogens with zero attached hydrogens (tertiary/aromatic N) is 3. The van der Waals surface area contributed by atoms with E-state index in [1.54, 1.807) is 11.0 Å². The number of terminal acetylenes is 2. The van der Waals surface area contributed by atoms with Crippen LogP contribution in [0.1, 0.15) is 51.8 Å². The minimum atomic E-state index is -0.955. The van der Waals surface area contributed by atoms with Crippen molar-refractivity contribution in [2.75, 3.05) is 31.1 Å². The van der Waals surface area contributed by atoms with Crippen molar-refractivity contribution in [3.05, 3.63) is 81.6 Å². The van der Waals surface area contributed by atoms with E-state index in [0.29, 0.717) is 21.7 Å². The molecule has 1 amide bonds. The Labute approximate surface area is 229 Å². The second-order valence-electron chi connectivity index (χ2n) is 9.51. The van der Waals surface area contributed by atoms with Crippen molar-refractivity contribution in [1.82, 2.24) is 9.47 Å². The van der Waals surface area contributed by atoms with Gasteiger partial charge in [0.15, 0.2) is 5.78 Å². The van der Waals surface area contributed by atoms with E-state index in [4.69, 9.17) is 30.2 Å². The molecule has 2 N–H and O–H groups in total. The Morgan fingerprint density at radius 2 is 1.58 bits per heavy atom. The molecule has 1 aromatic heterocycles. The van der Waals surface area contributed by atoms with Gasteiger partial charge in [-0.2, -0.15) is 0 Å². The summed E-state index contributed by atoms with van der Waals surface area (Å²) in [4.78, 5) is 30.9. The van der Waals surface area contributed by atoms with Crippen molar-refractivity contribution < 1.29 is 9.59 Å². The molecule has 1 atom stereocenters. The summed E-state index contributed by atoms with van der Waals surface area (Å²) in [6.07, 6.45) is 13.4. The summed E-state index contributed by atoms with van der Waals surface area (Å²) in [6, 6.07) is 14.0. The number of hydrogen-bond donors (Lipinski definition) is 1. The van der Waals surface area contributed by atoms with E-state index >= 15 is 0 Å². The second-order valence-corrected chi connectivity index (χ2v) is 9.95. The van der Waals surface area contributed by atoms with Crippen LogP contribution in [0.5, 0.6) is 0 Å². The molecule has 38 heavy (non-hydrogen) atoms.